The van der Waals surface area contributed by atoms with Gasteiger partial charge in [-0.2, -0.15) is 13.2 Å². The van der Waals surface area contributed by atoms with Gasteiger partial charge < -0.3 is 20.1 Å². The van der Waals surface area contributed by atoms with E-state index >= 15 is 0 Å². The molecule has 162 valence electrons. The third kappa shape index (κ3) is 5.72. The number of benzene rings is 1. The summed E-state index contributed by atoms with van der Waals surface area (Å²) < 4.78 is 43.1. The predicted molar refractivity (Wildman–Crippen MR) is 102 cm³/mol. The molecular formula is C19H22F3N5O3. The number of hydrogen-bond acceptors (Lipinski definition) is 5. The fraction of sp³-hybridized carbons (Fsp3) is 0.421. The first kappa shape index (κ1) is 21.6. The van der Waals surface area contributed by atoms with Crippen LogP contribution in [0.25, 0.3) is 0 Å². The number of nitrogens with one attached hydrogen (secondary N) is 2. The van der Waals surface area contributed by atoms with E-state index in [-0.39, 0.29) is 17.3 Å². The van der Waals surface area contributed by atoms with Gasteiger partial charge in [0.25, 0.3) is 5.91 Å². The minimum Gasteiger partial charge on any atom is -0.361 e. The normalized spacial score (nSPS) is 15.1. The van der Waals surface area contributed by atoms with Crippen molar-refractivity contribution in [3.63, 3.8) is 0 Å². The Hall–Kier alpha value is -3.08. The number of amides is 3. The molecule has 1 aromatic carbocycles. The average Bonchev–Trinajstić information content (AvgIpc) is 3.14. The predicted octanol–water partition coefficient (Wildman–Crippen LogP) is 2.58. The molecule has 0 unspecified atom stereocenters. The number of carbonyl (C=O) groups is 2. The molecular weight excluding hydrogens is 403 g/mol. The highest BCUT2D eigenvalue weighted by Gasteiger charge is 2.30. The molecule has 2 N–H and O–H groups in total. The molecule has 1 aliphatic heterocycles. The summed E-state index contributed by atoms with van der Waals surface area (Å²) in [6, 6.07) is 5.47. The maximum absolute atomic E-state index is 12.7. The van der Waals surface area contributed by atoms with Crippen molar-refractivity contribution in [2.75, 3.05) is 44.6 Å². The van der Waals surface area contributed by atoms with Gasteiger partial charge in [-0.15, -0.1) is 0 Å². The Kier molecular flexibility index (Phi) is 6.60. The van der Waals surface area contributed by atoms with Crippen LogP contribution in [0.15, 0.2) is 34.9 Å². The number of aryl methyl sites for hydroxylation is 1. The quantitative estimate of drug-likeness (QED) is 0.769. The van der Waals surface area contributed by atoms with E-state index < -0.39 is 17.8 Å². The Morgan fingerprint density at radius 2 is 1.90 bits per heavy atom. The molecule has 3 amide bonds. The van der Waals surface area contributed by atoms with E-state index in [1.165, 1.54) is 12.1 Å². The highest BCUT2D eigenvalue weighted by molar-refractivity contribution is 5.92. The van der Waals surface area contributed by atoms with Crippen LogP contribution in [0.1, 0.15) is 21.8 Å². The van der Waals surface area contributed by atoms with Crippen LogP contribution in [0.4, 0.5) is 23.7 Å². The molecule has 1 aromatic heterocycles. The third-order valence-electron chi connectivity index (χ3n) is 4.67. The van der Waals surface area contributed by atoms with Crippen LogP contribution >= 0.6 is 0 Å². The van der Waals surface area contributed by atoms with Gasteiger partial charge >= 0.3 is 12.2 Å². The molecule has 2 aromatic rings. The molecule has 1 saturated heterocycles. The van der Waals surface area contributed by atoms with Crippen LogP contribution in [0.2, 0.25) is 0 Å². The Bertz CT molecular complexity index is 892. The topological polar surface area (TPSA) is 90.7 Å². The summed E-state index contributed by atoms with van der Waals surface area (Å²) in [6.45, 7) is 4.93. The number of alkyl halides is 3. The molecule has 0 atom stereocenters. The molecule has 8 nitrogen and oxygen atoms in total. The number of piperazine rings is 1. The lowest BCUT2D eigenvalue weighted by molar-refractivity contribution is -0.137. The van der Waals surface area contributed by atoms with Crippen LogP contribution < -0.4 is 10.6 Å². The Morgan fingerprint density at radius 3 is 2.53 bits per heavy atom. The zero-order chi connectivity index (χ0) is 21.7. The minimum atomic E-state index is -4.47. The van der Waals surface area contributed by atoms with E-state index in [0.717, 1.165) is 12.1 Å². The van der Waals surface area contributed by atoms with Crippen molar-refractivity contribution < 1.29 is 27.3 Å². The van der Waals surface area contributed by atoms with Crippen molar-refractivity contribution >= 4 is 17.6 Å². The van der Waals surface area contributed by atoms with Crippen LogP contribution in [0.3, 0.4) is 0 Å². The van der Waals surface area contributed by atoms with E-state index in [0.29, 0.717) is 45.0 Å². The summed E-state index contributed by atoms with van der Waals surface area (Å²) in [5, 5.41) is 8.76. The summed E-state index contributed by atoms with van der Waals surface area (Å²) in [5.41, 5.74) is -0.472. The van der Waals surface area contributed by atoms with Crippen molar-refractivity contribution in [1.82, 2.24) is 20.3 Å². The van der Waals surface area contributed by atoms with Gasteiger partial charge in [-0.3, -0.25) is 9.69 Å². The van der Waals surface area contributed by atoms with Crippen LogP contribution in [-0.2, 0) is 6.18 Å². The number of nitrogens with zero attached hydrogens (tertiary/aromatic N) is 3. The Balaban J connectivity index is 1.38. The van der Waals surface area contributed by atoms with E-state index in [9.17, 15) is 22.8 Å². The summed E-state index contributed by atoms with van der Waals surface area (Å²) >= 11 is 0. The molecule has 30 heavy (non-hydrogen) atoms. The lowest BCUT2D eigenvalue weighted by Crippen LogP contribution is -2.50. The number of halogens is 3. The molecule has 0 aliphatic carbocycles. The molecule has 0 saturated carbocycles. The number of carbonyl (C=O) groups excluding carboxylic acids is 2. The summed E-state index contributed by atoms with van der Waals surface area (Å²) in [6.07, 6.45) is -4.47. The fourth-order valence-electron chi connectivity index (χ4n) is 3.08. The van der Waals surface area contributed by atoms with E-state index in [4.69, 9.17) is 4.52 Å². The van der Waals surface area contributed by atoms with E-state index in [1.54, 1.807) is 17.9 Å². The number of anilines is 1. The second-order valence-electron chi connectivity index (χ2n) is 6.92. The smallest absolute Gasteiger partial charge is 0.361 e. The van der Waals surface area contributed by atoms with Gasteiger partial charge in [0, 0.05) is 51.0 Å². The standard InChI is InChI=1S/C19H22F3N5O3/c1-13-11-16(25-30-13)17(28)27-9-7-26(8-10-27)6-5-23-18(29)24-15-4-2-3-14(12-15)19(20,21)22/h2-4,11-12H,5-10H2,1H3,(H2,23,24,29). The minimum absolute atomic E-state index is 0.0672. The number of aromatic nitrogens is 1. The highest BCUT2D eigenvalue weighted by atomic mass is 19.4. The fourth-order valence-corrected chi connectivity index (χ4v) is 3.08. The Labute approximate surface area is 171 Å². The van der Waals surface area contributed by atoms with Gasteiger partial charge in [-0.05, 0) is 25.1 Å². The van der Waals surface area contributed by atoms with Gasteiger partial charge in [-0.1, -0.05) is 11.2 Å². The molecule has 0 spiro atoms. The molecule has 11 heteroatoms. The Morgan fingerprint density at radius 1 is 1.17 bits per heavy atom. The van der Waals surface area contributed by atoms with Gasteiger partial charge in [0.05, 0.1) is 5.56 Å². The monoisotopic (exact) mass is 425 g/mol. The highest BCUT2D eigenvalue weighted by Crippen LogP contribution is 2.30. The zero-order valence-corrected chi connectivity index (χ0v) is 16.3. The second kappa shape index (κ2) is 9.16. The first-order valence-corrected chi connectivity index (χ1v) is 9.39. The molecule has 1 fully saturated rings. The molecule has 3 rings (SSSR count). The molecule has 1 aliphatic rings. The summed E-state index contributed by atoms with van der Waals surface area (Å²) in [5.74, 6) is 0.400. The van der Waals surface area contributed by atoms with Crippen LogP contribution in [-0.4, -0.2) is 66.2 Å². The lowest BCUT2D eigenvalue weighted by atomic mass is 10.2. The van der Waals surface area contributed by atoms with Gasteiger partial charge in [-0.25, -0.2) is 4.79 Å². The second-order valence-corrected chi connectivity index (χ2v) is 6.92. The van der Waals surface area contributed by atoms with Crippen molar-refractivity contribution in [3.05, 3.63) is 47.3 Å². The number of rotatable bonds is 5. The van der Waals surface area contributed by atoms with Crippen LogP contribution in [0, 0.1) is 6.92 Å². The van der Waals surface area contributed by atoms with E-state index in [1.807, 2.05) is 0 Å². The largest absolute Gasteiger partial charge is 0.416 e. The molecule has 0 radical (unpaired) electrons. The van der Waals surface area contributed by atoms with Gasteiger partial charge in [0.15, 0.2) is 5.69 Å². The molecule has 2 heterocycles. The summed E-state index contributed by atoms with van der Waals surface area (Å²) in [7, 11) is 0. The van der Waals surface area contributed by atoms with Crippen molar-refractivity contribution in [2.24, 2.45) is 0 Å². The average molecular weight is 425 g/mol. The summed E-state index contributed by atoms with van der Waals surface area (Å²) in [4.78, 5) is 28.0. The first-order valence-electron chi connectivity index (χ1n) is 9.39. The van der Waals surface area contributed by atoms with Crippen molar-refractivity contribution in [2.45, 2.75) is 13.1 Å². The zero-order valence-electron chi connectivity index (χ0n) is 16.3. The van der Waals surface area contributed by atoms with E-state index in [2.05, 4.69) is 20.7 Å². The van der Waals surface area contributed by atoms with Crippen molar-refractivity contribution in [1.29, 1.82) is 0 Å². The first-order chi connectivity index (χ1) is 14.2. The lowest BCUT2D eigenvalue weighted by Gasteiger charge is -2.34. The van der Waals surface area contributed by atoms with Gasteiger partial charge in [0.1, 0.15) is 5.76 Å². The van der Waals surface area contributed by atoms with Crippen LogP contribution in [0.5, 0.6) is 0 Å². The SMILES string of the molecule is Cc1cc(C(=O)N2CCN(CCNC(=O)Nc3cccc(C(F)(F)F)c3)CC2)no1. The molecule has 0 bridgehead atoms. The maximum atomic E-state index is 12.7. The third-order valence-corrected chi connectivity index (χ3v) is 4.67. The maximum Gasteiger partial charge on any atom is 0.416 e. The number of hydrogen-bond donors (Lipinski definition) is 2. The van der Waals surface area contributed by atoms with Gasteiger partial charge in [0.2, 0.25) is 0 Å². The van der Waals surface area contributed by atoms with Crippen molar-refractivity contribution in [3.8, 4) is 0 Å². The number of urea groups is 1.